The average Bonchev–Trinajstić information content (AvgIpc) is 2.43. The molecule has 1 aromatic carbocycles. The van der Waals surface area contributed by atoms with Gasteiger partial charge in [0.05, 0.1) is 19.3 Å². The predicted octanol–water partition coefficient (Wildman–Crippen LogP) is 2.88. The summed E-state index contributed by atoms with van der Waals surface area (Å²) in [5.41, 5.74) is 1.09. The Morgan fingerprint density at radius 3 is 2.79 bits per heavy atom. The molecule has 0 amide bonds. The van der Waals surface area contributed by atoms with Crippen molar-refractivity contribution in [3.8, 4) is 17.6 Å². The zero-order valence-corrected chi connectivity index (χ0v) is 11.7. The second kappa shape index (κ2) is 9.23. The standard InChI is InChI=1S/C15H22N2O2/c1-3-17-12-13-8-7-9-14(18-4-2)15(13)19-11-6-5-10-16/h7-9,17H,3-6,11-12H2,1-2H3. The van der Waals surface area contributed by atoms with E-state index in [-0.39, 0.29) is 0 Å². The van der Waals surface area contributed by atoms with Crippen molar-refractivity contribution in [1.29, 1.82) is 5.26 Å². The van der Waals surface area contributed by atoms with E-state index in [0.29, 0.717) is 19.6 Å². The van der Waals surface area contributed by atoms with Crippen LogP contribution in [-0.2, 0) is 6.54 Å². The van der Waals surface area contributed by atoms with Crippen LogP contribution in [0.1, 0.15) is 32.3 Å². The van der Waals surface area contributed by atoms with Gasteiger partial charge < -0.3 is 14.8 Å². The molecule has 1 N–H and O–H groups in total. The van der Waals surface area contributed by atoms with Crippen LogP contribution in [0.25, 0.3) is 0 Å². The van der Waals surface area contributed by atoms with Gasteiger partial charge in [0.25, 0.3) is 0 Å². The van der Waals surface area contributed by atoms with Crippen LogP contribution in [0.15, 0.2) is 18.2 Å². The molecule has 0 saturated carbocycles. The summed E-state index contributed by atoms with van der Waals surface area (Å²) in [5, 5.41) is 11.8. The van der Waals surface area contributed by atoms with Gasteiger partial charge in [-0.1, -0.05) is 19.1 Å². The third-order valence-electron chi connectivity index (χ3n) is 2.61. The highest BCUT2D eigenvalue weighted by molar-refractivity contribution is 5.46. The number of benzene rings is 1. The normalized spacial score (nSPS) is 9.95. The lowest BCUT2D eigenvalue weighted by Crippen LogP contribution is -2.13. The van der Waals surface area contributed by atoms with Gasteiger partial charge in [-0.25, -0.2) is 0 Å². The smallest absolute Gasteiger partial charge is 0.165 e. The van der Waals surface area contributed by atoms with Gasteiger partial charge >= 0.3 is 0 Å². The van der Waals surface area contributed by atoms with Crippen molar-refractivity contribution in [2.24, 2.45) is 0 Å². The van der Waals surface area contributed by atoms with Crippen LogP contribution in [0.3, 0.4) is 0 Å². The Bertz CT molecular complexity index is 413. The predicted molar refractivity (Wildman–Crippen MR) is 75.3 cm³/mol. The molecule has 0 aliphatic rings. The first kappa shape index (κ1) is 15.3. The average molecular weight is 262 g/mol. The van der Waals surface area contributed by atoms with Crippen molar-refractivity contribution < 1.29 is 9.47 Å². The van der Waals surface area contributed by atoms with E-state index in [1.54, 1.807) is 0 Å². The summed E-state index contributed by atoms with van der Waals surface area (Å²) in [6, 6.07) is 8.04. The minimum absolute atomic E-state index is 0.513. The summed E-state index contributed by atoms with van der Waals surface area (Å²) in [5.74, 6) is 1.57. The maximum absolute atomic E-state index is 8.53. The van der Waals surface area contributed by atoms with E-state index in [9.17, 15) is 0 Å². The van der Waals surface area contributed by atoms with Gasteiger partial charge in [-0.3, -0.25) is 0 Å². The van der Waals surface area contributed by atoms with E-state index < -0.39 is 0 Å². The second-order valence-corrected chi connectivity index (χ2v) is 4.07. The number of rotatable bonds is 9. The van der Waals surface area contributed by atoms with Gasteiger partial charge in [0.2, 0.25) is 0 Å². The van der Waals surface area contributed by atoms with Crippen molar-refractivity contribution >= 4 is 0 Å². The zero-order valence-electron chi connectivity index (χ0n) is 11.7. The molecule has 1 rings (SSSR count). The molecule has 4 nitrogen and oxygen atoms in total. The molecular weight excluding hydrogens is 240 g/mol. The molecule has 0 bridgehead atoms. The van der Waals surface area contributed by atoms with Crippen molar-refractivity contribution in [1.82, 2.24) is 5.32 Å². The summed E-state index contributed by atoms with van der Waals surface area (Å²) in [6.45, 7) is 6.84. The molecule has 0 unspecified atom stereocenters. The zero-order chi connectivity index (χ0) is 13.9. The Hall–Kier alpha value is -1.73. The first-order valence-electron chi connectivity index (χ1n) is 6.78. The number of hydrogen-bond donors (Lipinski definition) is 1. The molecule has 0 radical (unpaired) electrons. The summed E-state index contributed by atoms with van der Waals surface area (Å²) in [6.07, 6.45) is 1.25. The maximum Gasteiger partial charge on any atom is 0.165 e. The van der Waals surface area contributed by atoms with Crippen LogP contribution in [-0.4, -0.2) is 19.8 Å². The fraction of sp³-hybridized carbons (Fsp3) is 0.533. The lowest BCUT2D eigenvalue weighted by molar-refractivity contribution is 0.271. The summed E-state index contributed by atoms with van der Waals surface area (Å²) >= 11 is 0. The third kappa shape index (κ3) is 5.19. The van der Waals surface area contributed by atoms with Crippen molar-refractivity contribution in [3.05, 3.63) is 23.8 Å². The van der Waals surface area contributed by atoms with Gasteiger partial charge in [-0.2, -0.15) is 5.26 Å². The number of nitrogens with zero attached hydrogens (tertiary/aromatic N) is 1. The van der Waals surface area contributed by atoms with Gasteiger partial charge in [0.15, 0.2) is 11.5 Å². The quantitative estimate of drug-likeness (QED) is 0.695. The van der Waals surface area contributed by atoms with Crippen LogP contribution in [0.4, 0.5) is 0 Å². The van der Waals surface area contributed by atoms with E-state index in [0.717, 1.165) is 36.6 Å². The van der Waals surface area contributed by atoms with Crippen LogP contribution < -0.4 is 14.8 Å². The summed E-state index contributed by atoms with van der Waals surface area (Å²) in [4.78, 5) is 0. The summed E-state index contributed by atoms with van der Waals surface area (Å²) < 4.78 is 11.4. The van der Waals surface area contributed by atoms with E-state index in [4.69, 9.17) is 14.7 Å². The van der Waals surface area contributed by atoms with Gasteiger partial charge in [-0.15, -0.1) is 0 Å². The fourth-order valence-corrected chi connectivity index (χ4v) is 1.72. The lowest BCUT2D eigenvalue weighted by atomic mass is 10.2. The highest BCUT2D eigenvalue weighted by atomic mass is 16.5. The minimum Gasteiger partial charge on any atom is -0.490 e. The van der Waals surface area contributed by atoms with Crippen molar-refractivity contribution in [2.75, 3.05) is 19.8 Å². The molecule has 0 aliphatic carbocycles. The molecule has 104 valence electrons. The Balaban J connectivity index is 2.77. The lowest BCUT2D eigenvalue weighted by Gasteiger charge is -2.16. The largest absolute Gasteiger partial charge is 0.490 e. The van der Waals surface area contributed by atoms with E-state index in [1.807, 2.05) is 25.1 Å². The number of nitrogens with one attached hydrogen (secondary N) is 1. The molecule has 1 aromatic rings. The molecule has 0 aliphatic heterocycles. The molecule has 0 atom stereocenters. The molecule has 0 aromatic heterocycles. The topological polar surface area (TPSA) is 54.3 Å². The first-order chi connectivity index (χ1) is 9.33. The monoisotopic (exact) mass is 262 g/mol. The molecular formula is C15H22N2O2. The highest BCUT2D eigenvalue weighted by Gasteiger charge is 2.10. The van der Waals surface area contributed by atoms with Crippen LogP contribution in [0.5, 0.6) is 11.5 Å². The second-order valence-electron chi connectivity index (χ2n) is 4.07. The van der Waals surface area contributed by atoms with Crippen LogP contribution in [0.2, 0.25) is 0 Å². The Labute approximate surface area is 115 Å². The molecule has 4 heteroatoms. The van der Waals surface area contributed by atoms with Crippen molar-refractivity contribution in [3.63, 3.8) is 0 Å². The molecule has 0 fully saturated rings. The highest BCUT2D eigenvalue weighted by Crippen LogP contribution is 2.31. The molecule has 19 heavy (non-hydrogen) atoms. The number of ether oxygens (including phenoxy) is 2. The van der Waals surface area contributed by atoms with Gasteiger partial charge in [0.1, 0.15) is 0 Å². The van der Waals surface area contributed by atoms with E-state index >= 15 is 0 Å². The van der Waals surface area contributed by atoms with E-state index in [2.05, 4.69) is 18.3 Å². The maximum atomic E-state index is 8.53. The Morgan fingerprint density at radius 2 is 2.11 bits per heavy atom. The summed E-state index contributed by atoms with van der Waals surface area (Å²) in [7, 11) is 0. The SMILES string of the molecule is CCNCc1cccc(OCC)c1OCCCC#N. The number of nitriles is 1. The molecule has 0 saturated heterocycles. The third-order valence-corrected chi connectivity index (χ3v) is 2.61. The fourth-order valence-electron chi connectivity index (χ4n) is 1.72. The minimum atomic E-state index is 0.513. The van der Waals surface area contributed by atoms with Gasteiger partial charge in [-0.05, 0) is 26.0 Å². The Kier molecular flexibility index (Phi) is 7.45. The van der Waals surface area contributed by atoms with Gasteiger partial charge in [0, 0.05) is 18.5 Å². The van der Waals surface area contributed by atoms with E-state index in [1.165, 1.54) is 0 Å². The van der Waals surface area contributed by atoms with Crippen LogP contribution >= 0.6 is 0 Å². The first-order valence-corrected chi connectivity index (χ1v) is 6.78. The number of para-hydroxylation sites is 1. The number of unbranched alkanes of at least 4 members (excludes halogenated alkanes) is 1. The Morgan fingerprint density at radius 1 is 1.26 bits per heavy atom. The molecule has 0 spiro atoms. The number of hydrogen-bond acceptors (Lipinski definition) is 4. The molecule has 0 heterocycles. The van der Waals surface area contributed by atoms with Crippen LogP contribution in [0, 0.1) is 11.3 Å². The van der Waals surface area contributed by atoms with Crippen molar-refractivity contribution in [2.45, 2.75) is 33.2 Å².